The van der Waals surface area contributed by atoms with E-state index in [1.54, 1.807) is 0 Å². The van der Waals surface area contributed by atoms with E-state index >= 15 is 0 Å². The lowest BCUT2D eigenvalue weighted by Gasteiger charge is -2.32. The van der Waals surface area contributed by atoms with Gasteiger partial charge in [0.15, 0.2) is 0 Å². The highest BCUT2D eigenvalue weighted by Crippen LogP contribution is 2.23. The van der Waals surface area contributed by atoms with E-state index in [2.05, 4.69) is 5.10 Å². The Morgan fingerprint density at radius 1 is 1.50 bits per heavy atom. The fourth-order valence-electron chi connectivity index (χ4n) is 2.33. The lowest BCUT2D eigenvalue weighted by molar-refractivity contribution is -0.385. The number of nitro groups is 1. The number of aryl methyl sites for hydroxylation is 1. The molecule has 0 radical (unpaired) electrons. The maximum Gasteiger partial charge on any atom is 0.326 e. The zero-order valence-electron chi connectivity index (χ0n) is 10.9. The molecule has 1 amide bonds. The van der Waals surface area contributed by atoms with Crippen molar-refractivity contribution < 1.29 is 19.6 Å². The first-order chi connectivity index (χ1) is 9.41. The summed E-state index contributed by atoms with van der Waals surface area (Å²) in [6, 6.07) is -0.946. The lowest BCUT2D eigenvalue weighted by Crippen LogP contribution is -2.48. The molecule has 0 spiro atoms. The number of amides is 1. The summed E-state index contributed by atoms with van der Waals surface area (Å²) in [7, 11) is 1.47. The third-order valence-electron chi connectivity index (χ3n) is 3.26. The van der Waals surface area contributed by atoms with Crippen molar-refractivity contribution in [3.63, 3.8) is 0 Å². The number of aliphatic carboxylic acids is 1. The number of carbonyl (C=O) groups is 2. The van der Waals surface area contributed by atoms with Crippen LogP contribution < -0.4 is 0 Å². The molecule has 0 bridgehead atoms. The maximum atomic E-state index is 12.3. The van der Waals surface area contributed by atoms with Crippen LogP contribution in [0, 0.1) is 10.1 Å². The zero-order valence-corrected chi connectivity index (χ0v) is 10.9. The van der Waals surface area contributed by atoms with E-state index in [0.29, 0.717) is 19.3 Å². The Balaban J connectivity index is 2.34. The minimum atomic E-state index is -1.10. The minimum absolute atomic E-state index is 0.267. The Bertz CT molecular complexity index is 567. The van der Waals surface area contributed by atoms with Crippen LogP contribution in [0.15, 0.2) is 6.20 Å². The molecule has 0 aliphatic carbocycles. The Morgan fingerprint density at radius 3 is 2.80 bits per heavy atom. The van der Waals surface area contributed by atoms with Gasteiger partial charge in [-0.1, -0.05) is 0 Å². The monoisotopic (exact) mass is 282 g/mol. The summed E-state index contributed by atoms with van der Waals surface area (Å²) in [6.45, 7) is 0.267. The first-order valence-electron chi connectivity index (χ1n) is 6.13. The fraction of sp³-hybridized carbons (Fsp3) is 0.545. The van der Waals surface area contributed by atoms with Crippen LogP contribution in [0.3, 0.4) is 0 Å². The SMILES string of the molecule is Cn1cc([N+](=O)[O-])c(C(=O)N2CCCC[C@@H]2C(=O)O)n1. The standard InChI is InChI=1S/C11H14N4O5/c1-13-6-8(15(19)20)9(12-13)10(16)14-5-3-2-4-7(14)11(17)18/h6-7H,2-5H2,1H3,(H,17,18)/t7-/m1/s1. The molecule has 9 nitrogen and oxygen atoms in total. The Morgan fingerprint density at radius 2 is 2.20 bits per heavy atom. The maximum absolute atomic E-state index is 12.3. The molecular formula is C11H14N4O5. The average Bonchev–Trinajstić information content (AvgIpc) is 2.80. The molecule has 1 aliphatic heterocycles. The number of rotatable bonds is 3. The van der Waals surface area contributed by atoms with Crippen LogP contribution in [0.4, 0.5) is 5.69 Å². The highest BCUT2D eigenvalue weighted by Gasteiger charge is 2.36. The molecule has 1 saturated heterocycles. The van der Waals surface area contributed by atoms with Crippen LogP contribution in [0.1, 0.15) is 29.8 Å². The predicted octanol–water partition coefficient (Wildman–Crippen LogP) is 0.408. The average molecular weight is 282 g/mol. The smallest absolute Gasteiger partial charge is 0.326 e. The van der Waals surface area contributed by atoms with Crippen LogP contribution in [-0.2, 0) is 11.8 Å². The molecular weight excluding hydrogens is 268 g/mol. The number of carboxylic acid groups (broad SMARTS) is 1. The first kappa shape index (κ1) is 14.0. The van der Waals surface area contributed by atoms with Gasteiger partial charge in [0.05, 0.1) is 4.92 Å². The predicted molar refractivity (Wildman–Crippen MR) is 66.2 cm³/mol. The van der Waals surface area contributed by atoms with E-state index in [1.165, 1.54) is 11.7 Å². The Kier molecular flexibility index (Phi) is 3.68. The molecule has 20 heavy (non-hydrogen) atoms. The molecule has 1 aromatic heterocycles. The molecule has 1 aromatic rings. The van der Waals surface area contributed by atoms with Gasteiger partial charge >= 0.3 is 11.7 Å². The van der Waals surface area contributed by atoms with Crippen molar-refractivity contribution in [2.75, 3.05) is 6.54 Å². The molecule has 2 heterocycles. The van der Waals surface area contributed by atoms with Gasteiger partial charge in [0.1, 0.15) is 12.2 Å². The third kappa shape index (κ3) is 2.46. The van der Waals surface area contributed by atoms with Gasteiger partial charge in [-0.05, 0) is 19.3 Å². The fourth-order valence-corrected chi connectivity index (χ4v) is 2.33. The highest BCUT2D eigenvalue weighted by atomic mass is 16.6. The largest absolute Gasteiger partial charge is 0.480 e. The van der Waals surface area contributed by atoms with E-state index in [1.807, 2.05) is 0 Å². The quantitative estimate of drug-likeness (QED) is 0.633. The number of nitrogens with zero attached hydrogens (tertiary/aromatic N) is 4. The number of carbonyl (C=O) groups excluding carboxylic acids is 1. The van der Waals surface area contributed by atoms with E-state index < -0.39 is 28.5 Å². The van der Waals surface area contributed by atoms with Crippen LogP contribution in [0.2, 0.25) is 0 Å². The first-order valence-corrected chi connectivity index (χ1v) is 6.13. The van der Waals surface area contributed by atoms with Crippen molar-refractivity contribution in [3.8, 4) is 0 Å². The van der Waals surface area contributed by atoms with Gasteiger partial charge in [-0.25, -0.2) is 4.79 Å². The molecule has 2 rings (SSSR count). The van der Waals surface area contributed by atoms with Crippen molar-refractivity contribution in [3.05, 3.63) is 22.0 Å². The highest BCUT2D eigenvalue weighted by molar-refractivity contribution is 5.98. The lowest BCUT2D eigenvalue weighted by atomic mass is 10.0. The van der Waals surface area contributed by atoms with E-state index in [9.17, 15) is 19.7 Å². The Hall–Kier alpha value is -2.45. The molecule has 0 aromatic carbocycles. The zero-order chi connectivity index (χ0) is 14.9. The Labute approximate surface area is 113 Å². The number of likely N-dealkylation sites (tertiary alicyclic amines) is 1. The van der Waals surface area contributed by atoms with Gasteiger partial charge in [0.25, 0.3) is 5.91 Å². The van der Waals surface area contributed by atoms with Gasteiger partial charge in [-0.2, -0.15) is 5.10 Å². The van der Waals surface area contributed by atoms with Crippen LogP contribution in [-0.4, -0.2) is 49.2 Å². The van der Waals surface area contributed by atoms with Crippen molar-refractivity contribution in [2.24, 2.45) is 7.05 Å². The van der Waals surface area contributed by atoms with E-state index in [0.717, 1.165) is 11.1 Å². The van der Waals surface area contributed by atoms with Gasteiger partial charge < -0.3 is 10.0 Å². The number of hydrogen-bond donors (Lipinski definition) is 1. The summed E-state index contributed by atoms with van der Waals surface area (Å²) in [5.41, 5.74) is -0.724. The molecule has 9 heteroatoms. The summed E-state index contributed by atoms with van der Waals surface area (Å²) in [6.07, 6.45) is 2.87. The number of aromatic nitrogens is 2. The molecule has 0 unspecified atom stereocenters. The van der Waals surface area contributed by atoms with Gasteiger partial charge in [0.2, 0.25) is 5.69 Å². The third-order valence-corrected chi connectivity index (χ3v) is 3.26. The van der Waals surface area contributed by atoms with Crippen molar-refractivity contribution in [2.45, 2.75) is 25.3 Å². The second-order valence-electron chi connectivity index (χ2n) is 4.64. The molecule has 0 saturated carbocycles. The number of hydrogen-bond acceptors (Lipinski definition) is 5. The van der Waals surface area contributed by atoms with Gasteiger partial charge in [-0.3, -0.25) is 19.6 Å². The number of piperidine rings is 1. The van der Waals surface area contributed by atoms with E-state index in [4.69, 9.17) is 5.11 Å². The topological polar surface area (TPSA) is 119 Å². The second kappa shape index (κ2) is 5.27. The molecule has 1 atom stereocenters. The summed E-state index contributed by atoms with van der Waals surface area (Å²) in [5.74, 6) is -1.80. The second-order valence-corrected chi connectivity index (χ2v) is 4.64. The van der Waals surface area contributed by atoms with Crippen LogP contribution in [0.5, 0.6) is 0 Å². The van der Waals surface area contributed by atoms with Crippen LogP contribution >= 0.6 is 0 Å². The normalized spacial score (nSPS) is 18.9. The number of carboxylic acids is 1. The molecule has 1 N–H and O–H groups in total. The summed E-state index contributed by atoms with van der Waals surface area (Å²) < 4.78 is 1.17. The van der Waals surface area contributed by atoms with Gasteiger partial charge in [0, 0.05) is 13.6 Å². The molecule has 1 aliphatic rings. The summed E-state index contributed by atoms with van der Waals surface area (Å²) in [4.78, 5) is 34.9. The summed E-state index contributed by atoms with van der Waals surface area (Å²) in [5, 5.41) is 23.8. The van der Waals surface area contributed by atoms with Crippen molar-refractivity contribution >= 4 is 17.6 Å². The van der Waals surface area contributed by atoms with Crippen LogP contribution in [0.25, 0.3) is 0 Å². The van der Waals surface area contributed by atoms with Crippen molar-refractivity contribution in [1.82, 2.24) is 14.7 Å². The molecule has 1 fully saturated rings. The minimum Gasteiger partial charge on any atom is -0.480 e. The summed E-state index contributed by atoms with van der Waals surface area (Å²) >= 11 is 0. The van der Waals surface area contributed by atoms with Crippen molar-refractivity contribution in [1.29, 1.82) is 0 Å². The molecule has 108 valence electrons. The van der Waals surface area contributed by atoms with Gasteiger partial charge in [-0.15, -0.1) is 0 Å². The van der Waals surface area contributed by atoms with E-state index in [-0.39, 0.29) is 12.2 Å².